The number of halogens is 3. The van der Waals surface area contributed by atoms with Gasteiger partial charge in [-0.1, -0.05) is 53.0 Å². The topological polar surface area (TPSA) is 92.8 Å². The summed E-state index contributed by atoms with van der Waals surface area (Å²) in [4.78, 5) is 24.7. The van der Waals surface area contributed by atoms with Crippen molar-refractivity contribution in [2.75, 3.05) is 22.8 Å². The summed E-state index contributed by atoms with van der Waals surface area (Å²) in [6.45, 7) is 1.30. The third-order valence-corrected chi connectivity index (χ3v) is 7.40. The molecule has 1 N–H and O–H groups in total. The summed E-state index contributed by atoms with van der Waals surface area (Å²) in [5.74, 6) is -1.22. The number of carbonyl (C=O) groups is 2. The summed E-state index contributed by atoms with van der Waals surface area (Å²) in [5.41, 5.74) is 0.567. The van der Waals surface area contributed by atoms with Crippen LogP contribution in [0.3, 0.4) is 0 Å². The predicted molar refractivity (Wildman–Crippen MR) is 133 cm³/mol. The molecule has 0 radical (unpaired) electrons. The van der Waals surface area contributed by atoms with Crippen LogP contribution in [0.4, 0.5) is 11.4 Å². The molecule has 3 aromatic carbocycles. The fourth-order valence-corrected chi connectivity index (χ4v) is 4.91. The van der Waals surface area contributed by atoms with Gasteiger partial charge >= 0.3 is 5.97 Å². The Hall–Kier alpha value is -2.78. The molecule has 1 amide bonds. The number of carbonyl (C=O) groups excluding carboxylic acids is 2. The van der Waals surface area contributed by atoms with Crippen LogP contribution in [0.2, 0.25) is 15.1 Å². The highest BCUT2D eigenvalue weighted by atomic mass is 35.5. The lowest BCUT2D eigenvalue weighted by Gasteiger charge is -2.24. The van der Waals surface area contributed by atoms with Gasteiger partial charge in [-0.15, -0.1) is 0 Å². The number of hydrogen-bond donors (Lipinski definition) is 1. The maximum atomic E-state index is 13.4. The normalized spacial score (nSPS) is 11.1. The van der Waals surface area contributed by atoms with Crippen LogP contribution in [-0.4, -0.2) is 33.4 Å². The fourth-order valence-electron chi connectivity index (χ4n) is 2.95. The number of hydrogen-bond acceptors (Lipinski definition) is 5. The van der Waals surface area contributed by atoms with Gasteiger partial charge in [0.25, 0.3) is 10.0 Å². The maximum absolute atomic E-state index is 13.4. The molecule has 0 heterocycles. The van der Waals surface area contributed by atoms with Gasteiger partial charge in [0.15, 0.2) is 0 Å². The van der Waals surface area contributed by atoms with Crippen LogP contribution in [0.1, 0.15) is 17.3 Å². The Balaban J connectivity index is 1.90. The third-order valence-electron chi connectivity index (χ3n) is 4.56. The summed E-state index contributed by atoms with van der Waals surface area (Å²) in [6.07, 6.45) is 0. The average molecular weight is 542 g/mol. The Labute approximate surface area is 212 Å². The number of sulfonamides is 1. The largest absolute Gasteiger partial charge is 0.462 e. The van der Waals surface area contributed by atoms with Gasteiger partial charge in [-0.3, -0.25) is 9.10 Å². The molecule has 0 aliphatic rings. The smallest absolute Gasteiger partial charge is 0.338 e. The molecule has 0 spiro atoms. The highest BCUT2D eigenvalue weighted by Crippen LogP contribution is 2.31. The third kappa shape index (κ3) is 6.01. The molecule has 34 heavy (non-hydrogen) atoms. The molecule has 3 aromatic rings. The molecule has 0 aliphatic carbocycles. The second-order valence-electron chi connectivity index (χ2n) is 6.89. The second kappa shape index (κ2) is 11.1. The van der Waals surface area contributed by atoms with Gasteiger partial charge < -0.3 is 10.1 Å². The molecule has 0 atom stereocenters. The molecular weight excluding hydrogens is 523 g/mol. The number of rotatable bonds is 8. The average Bonchev–Trinajstić information content (AvgIpc) is 2.81. The summed E-state index contributed by atoms with van der Waals surface area (Å²) in [5, 5.41) is 3.03. The molecule has 0 aromatic heterocycles. The van der Waals surface area contributed by atoms with Gasteiger partial charge in [-0.2, -0.15) is 0 Å². The van der Waals surface area contributed by atoms with Gasteiger partial charge in [0, 0.05) is 0 Å². The Kier molecular flexibility index (Phi) is 8.43. The Morgan fingerprint density at radius 2 is 1.62 bits per heavy atom. The van der Waals surface area contributed by atoms with E-state index in [0.717, 1.165) is 4.31 Å². The van der Waals surface area contributed by atoms with Gasteiger partial charge in [-0.05, 0) is 55.5 Å². The zero-order valence-corrected chi connectivity index (χ0v) is 20.9. The van der Waals surface area contributed by atoms with E-state index in [0.29, 0.717) is 0 Å². The molecule has 178 valence electrons. The number of ether oxygens (including phenoxy) is 1. The van der Waals surface area contributed by atoms with Crippen LogP contribution in [0, 0.1) is 0 Å². The standard InChI is InChI=1S/C23H19Cl3N2O5S/c1-2-33-23(30)15-8-11-21(20(26)12-15)27-22(29)14-28(16-9-10-18(24)19(25)13-16)34(31,32)17-6-4-3-5-7-17/h3-13H,2,14H2,1H3,(H,27,29). The van der Waals surface area contributed by atoms with Crippen molar-refractivity contribution in [1.29, 1.82) is 0 Å². The molecule has 0 saturated heterocycles. The number of nitrogens with one attached hydrogen (secondary N) is 1. The Morgan fingerprint density at radius 3 is 2.24 bits per heavy atom. The maximum Gasteiger partial charge on any atom is 0.338 e. The van der Waals surface area contributed by atoms with E-state index in [1.807, 2.05) is 0 Å². The highest BCUT2D eigenvalue weighted by molar-refractivity contribution is 7.92. The molecule has 7 nitrogen and oxygen atoms in total. The van der Waals surface area contributed by atoms with Crippen molar-refractivity contribution in [1.82, 2.24) is 0 Å². The number of benzene rings is 3. The first-order valence-corrected chi connectivity index (χ1v) is 12.5. The van der Waals surface area contributed by atoms with Crippen LogP contribution in [0.25, 0.3) is 0 Å². The van der Waals surface area contributed by atoms with Crippen molar-refractivity contribution in [3.8, 4) is 0 Å². The van der Waals surface area contributed by atoms with E-state index in [1.165, 1.54) is 48.5 Å². The first kappa shape index (κ1) is 25.8. The molecule has 0 unspecified atom stereocenters. The number of esters is 1. The van der Waals surface area contributed by atoms with Crippen molar-refractivity contribution in [2.45, 2.75) is 11.8 Å². The van der Waals surface area contributed by atoms with E-state index >= 15 is 0 Å². The lowest BCUT2D eigenvalue weighted by atomic mass is 10.2. The van der Waals surface area contributed by atoms with Crippen molar-refractivity contribution in [2.24, 2.45) is 0 Å². The summed E-state index contributed by atoms with van der Waals surface area (Å²) in [7, 11) is -4.13. The van der Waals surface area contributed by atoms with Crippen molar-refractivity contribution >= 4 is 68.1 Å². The Bertz CT molecular complexity index is 1320. The molecule has 11 heteroatoms. The molecule has 0 saturated carbocycles. The minimum absolute atomic E-state index is 0.00862. The number of nitrogens with zero attached hydrogens (tertiary/aromatic N) is 1. The highest BCUT2D eigenvalue weighted by Gasteiger charge is 2.28. The second-order valence-corrected chi connectivity index (χ2v) is 9.97. The number of anilines is 2. The van der Waals surface area contributed by atoms with Gasteiger partial charge in [0.2, 0.25) is 5.91 Å². The van der Waals surface area contributed by atoms with Crippen LogP contribution in [-0.2, 0) is 19.6 Å². The van der Waals surface area contributed by atoms with Crippen LogP contribution >= 0.6 is 34.8 Å². The summed E-state index contributed by atoms with van der Waals surface area (Å²) in [6, 6.07) is 16.1. The molecular formula is C23H19Cl3N2O5S. The zero-order chi connectivity index (χ0) is 24.9. The SMILES string of the molecule is CCOC(=O)c1ccc(NC(=O)CN(c2ccc(Cl)c(Cl)c2)S(=O)(=O)c2ccccc2)c(Cl)c1. The van der Waals surface area contributed by atoms with Crippen LogP contribution in [0.5, 0.6) is 0 Å². The fraction of sp³-hybridized carbons (Fsp3) is 0.130. The predicted octanol–water partition coefficient (Wildman–Crippen LogP) is 5.66. The minimum Gasteiger partial charge on any atom is -0.462 e. The molecule has 0 bridgehead atoms. The first-order chi connectivity index (χ1) is 16.1. The van der Waals surface area contributed by atoms with Crippen molar-refractivity contribution < 1.29 is 22.7 Å². The monoisotopic (exact) mass is 540 g/mol. The van der Waals surface area contributed by atoms with E-state index in [-0.39, 0.29) is 43.5 Å². The lowest BCUT2D eigenvalue weighted by molar-refractivity contribution is -0.114. The van der Waals surface area contributed by atoms with Crippen LogP contribution < -0.4 is 9.62 Å². The van der Waals surface area contributed by atoms with Gasteiger partial charge in [-0.25, -0.2) is 13.2 Å². The Morgan fingerprint density at radius 1 is 0.912 bits per heavy atom. The summed E-state index contributed by atoms with van der Waals surface area (Å²) < 4.78 is 32.6. The number of amides is 1. The minimum atomic E-state index is -4.13. The van der Waals surface area contributed by atoms with E-state index in [4.69, 9.17) is 39.5 Å². The molecule has 3 rings (SSSR count). The summed E-state index contributed by atoms with van der Waals surface area (Å²) >= 11 is 18.3. The molecule has 0 aliphatic heterocycles. The van der Waals surface area contributed by atoms with E-state index in [2.05, 4.69) is 5.32 Å². The zero-order valence-electron chi connectivity index (χ0n) is 17.8. The van der Waals surface area contributed by atoms with Crippen molar-refractivity contribution in [3.05, 3.63) is 87.4 Å². The lowest BCUT2D eigenvalue weighted by Crippen LogP contribution is -2.38. The van der Waals surface area contributed by atoms with Crippen LogP contribution in [0.15, 0.2) is 71.6 Å². The van der Waals surface area contributed by atoms with E-state index < -0.39 is 28.4 Å². The van der Waals surface area contributed by atoms with E-state index in [9.17, 15) is 18.0 Å². The van der Waals surface area contributed by atoms with E-state index in [1.54, 1.807) is 25.1 Å². The first-order valence-electron chi connectivity index (χ1n) is 9.93. The quantitative estimate of drug-likeness (QED) is 0.372. The van der Waals surface area contributed by atoms with Crippen molar-refractivity contribution in [3.63, 3.8) is 0 Å². The molecule has 0 fully saturated rings. The van der Waals surface area contributed by atoms with Gasteiger partial charge in [0.1, 0.15) is 6.54 Å². The van der Waals surface area contributed by atoms with Gasteiger partial charge in [0.05, 0.1) is 43.5 Å².